The number of carbonyl (C=O) groups excluding carboxylic acids is 1. The molecule has 2 rings (SSSR count). The Kier molecular flexibility index (Phi) is 7.31. The zero-order valence-electron chi connectivity index (χ0n) is 14.4. The number of hydrogen-bond donors (Lipinski definition) is 2. The van der Waals surface area contributed by atoms with Gasteiger partial charge in [0.05, 0.1) is 12.5 Å². The molecule has 1 saturated heterocycles. The van der Waals surface area contributed by atoms with Crippen LogP contribution >= 0.6 is 0 Å². The van der Waals surface area contributed by atoms with Gasteiger partial charge < -0.3 is 14.8 Å². The van der Waals surface area contributed by atoms with E-state index < -0.39 is 5.43 Å². The van der Waals surface area contributed by atoms with Crippen molar-refractivity contribution in [2.75, 3.05) is 19.6 Å². The van der Waals surface area contributed by atoms with E-state index in [0.717, 1.165) is 45.0 Å². The molecule has 1 aliphatic heterocycles. The molecule has 1 atom stereocenters. The van der Waals surface area contributed by atoms with E-state index in [-0.39, 0.29) is 17.6 Å². The standard InChI is InChI=1S/C18H28N2O4/c1-2-3-4-5-8-19-18(23)14-7-6-9-20(11-14)12-15-10-16(21)17(22)13-24-15/h10,13-14,22H,2-9,11-12H2,1H3,(H,19,23). The second kappa shape index (κ2) is 9.47. The van der Waals surface area contributed by atoms with E-state index in [1.807, 2.05) is 0 Å². The first-order valence-electron chi connectivity index (χ1n) is 8.91. The third-order valence-electron chi connectivity index (χ3n) is 4.45. The minimum absolute atomic E-state index is 0.00578. The summed E-state index contributed by atoms with van der Waals surface area (Å²) in [5, 5.41) is 12.3. The van der Waals surface area contributed by atoms with Gasteiger partial charge in [0.15, 0.2) is 5.75 Å². The molecular formula is C18H28N2O4. The fourth-order valence-corrected chi connectivity index (χ4v) is 3.07. The molecule has 1 fully saturated rings. The van der Waals surface area contributed by atoms with Crippen molar-refractivity contribution in [2.24, 2.45) is 5.92 Å². The molecule has 0 saturated carbocycles. The van der Waals surface area contributed by atoms with E-state index in [9.17, 15) is 14.7 Å². The smallest absolute Gasteiger partial charge is 0.226 e. The molecular weight excluding hydrogens is 308 g/mol. The Morgan fingerprint density at radius 1 is 1.42 bits per heavy atom. The molecule has 6 nitrogen and oxygen atoms in total. The van der Waals surface area contributed by atoms with Crippen molar-refractivity contribution in [2.45, 2.75) is 52.0 Å². The van der Waals surface area contributed by atoms with Crippen molar-refractivity contribution >= 4 is 5.91 Å². The predicted octanol–water partition coefficient (Wildman–Crippen LogP) is 2.25. The highest BCUT2D eigenvalue weighted by molar-refractivity contribution is 5.78. The molecule has 6 heteroatoms. The fourth-order valence-electron chi connectivity index (χ4n) is 3.07. The SMILES string of the molecule is CCCCCCNC(=O)C1CCCN(Cc2cc(=O)c(O)co2)C1. The normalized spacial score (nSPS) is 18.5. The van der Waals surface area contributed by atoms with E-state index in [4.69, 9.17) is 4.42 Å². The van der Waals surface area contributed by atoms with Crippen LogP contribution in [-0.2, 0) is 11.3 Å². The number of piperidine rings is 1. The summed E-state index contributed by atoms with van der Waals surface area (Å²) in [7, 11) is 0. The number of unbranched alkanes of at least 4 members (excludes halogenated alkanes) is 3. The van der Waals surface area contributed by atoms with Gasteiger partial charge in [0.1, 0.15) is 12.0 Å². The largest absolute Gasteiger partial charge is 0.502 e. The summed E-state index contributed by atoms with van der Waals surface area (Å²) in [6, 6.07) is 1.31. The van der Waals surface area contributed by atoms with E-state index in [1.54, 1.807) is 0 Å². The number of aromatic hydroxyl groups is 1. The van der Waals surface area contributed by atoms with Gasteiger partial charge >= 0.3 is 0 Å². The molecule has 1 unspecified atom stereocenters. The summed E-state index contributed by atoms with van der Waals surface area (Å²) in [5.74, 6) is 0.258. The molecule has 0 bridgehead atoms. The van der Waals surface area contributed by atoms with E-state index in [1.165, 1.54) is 18.9 Å². The average Bonchev–Trinajstić information content (AvgIpc) is 2.58. The lowest BCUT2D eigenvalue weighted by atomic mass is 9.97. The first-order chi connectivity index (χ1) is 11.6. The Labute approximate surface area is 142 Å². The maximum Gasteiger partial charge on any atom is 0.226 e. The topological polar surface area (TPSA) is 82.8 Å². The van der Waals surface area contributed by atoms with Crippen molar-refractivity contribution in [3.05, 3.63) is 28.3 Å². The molecule has 2 heterocycles. The lowest BCUT2D eigenvalue weighted by Gasteiger charge is -2.31. The second-order valence-corrected chi connectivity index (χ2v) is 6.52. The number of nitrogens with one attached hydrogen (secondary N) is 1. The van der Waals surface area contributed by atoms with Gasteiger partial charge in [-0.1, -0.05) is 26.2 Å². The number of nitrogens with zero attached hydrogens (tertiary/aromatic N) is 1. The van der Waals surface area contributed by atoms with Gasteiger partial charge in [-0.25, -0.2) is 0 Å². The Balaban J connectivity index is 1.79. The van der Waals surface area contributed by atoms with Crippen LogP contribution < -0.4 is 10.7 Å². The highest BCUT2D eigenvalue weighted by Crippen LogP contribution is 2.19. The summed E-state index contributed by atoms with van der Waals surface area (Å²) >= 11 is 0. The third-order valence-corrected chi connectivity index (χ3v) is 4.45. The molecule has 1 aromatic heterocycles. The Morgan fingerprint density at radius 2 is 2.25 bits per heavy atom. The van der Waals surface area contributed by atoms with Crippen LogP contribution in [0.2, 0.25) is 0 Å². The van der Waals surface area contributed by atoms with E-state index in [2.05, 4.69) is 17.1 Å². The molecule has 1 aliphatic rings. The van der Waals surface area contributed by atoms with Crippen LogP contribution in [0.4, 0.5) is 0 Å². The highest BCUT2D eigenvalue weighted by Gasteiger charge is 2.26. The van der Waals surface area contributed by atoms with Crippen LogP contribution in [0, 0.1) is 5.92 Å². The van der Waals surface area contributed by atoms with Gasteiger partial charge in [0.2, 0.25) is 11.3 Å². The third kappa shape index (κ3) is 5.67. The summed E-state index contributed by atoms with van der Waals surface area (Å²) in [6.45, 7) is 4.96. The molecule has 0 aromatic carbocycles. The van der Waals surface area contributed by atoms with Gasteiger partial charge in [-0.05, 0) is 25.8 Å². The van der Waals surface area contributed by atoms with Crippen LogP contribution in [0.1, 0.15) is 51.2 Å². The fraction of sp³-hybridized carbons (Fsp3) is 0.667. The maximum atomic E-state index is 12.3. The van der Waals surface area contributed by atoms with Crippen LogP contribution in [-0.4, -0.2) is 35.5 Å². The quantitative estimate of drug-likeness (QED) is 0.712. The van der Waals surface area contributed by atoms with E-state index >= 15 is 0 Å². The molecule has 1 amide bonds. The van der Waals surface area contributed by atoms with E-state index in [0.29, 0.717) is 18.8 Å². The van der Waals surface area contributed by atoms with Crippen molar-refractivity contribution < 1.29 is 14.3 Å². The minimum atomic E-state index is -0.436. The Morgan fingerprint density at radius 3 is 3.00 bits per heavy atom. The molecule has 2 N–H and O–H groups in total. The molecule has 0 spiro atoms. The molecule has 1 aromatic rings. The van der Waals surface area contributed by atoms with Gasteiger partial charge in [0, 0.05) is 19.2 Å². The van der Waals surface area contributed by atoms with Gasteiger partial charge in [-0.2, -0.15) is 0 Å². The molecule has 0 radical (unpaired) electrons. The number of hydrogen-bond acceptors (Lipinski definition) is 5. The second-order valence-electron chi connectivity index (χ2n) is 6.52. The average molecular weight is 336 g/mol. The van der Waals surface area contributed by atoms with Gasteiger partial charge in [-0.15, -0.1) is 0 Å². The summed E-state index contributed by atoms with van der Waals surface area (Å²) < 4.78 is 5.25. The summed E-state index contributed by atoms with van der Waals surface area (Å²) in [5.41, 5.74) is -0.436. The highest BCUT2D eigenvalue weighted by atomic mass is 16.4. The minimum Gasteiger partial charge on any atom is -0.502 e. The van der Waals surface area contributed by atoms with Gasteiger partial charge in [0.25, 0.3) is 0 Å². The van der Waals surface area contributed by atoms with Crippen LogP contribution in [0.5, 0.6) is 5.75 Å². The van der Waals surface area contributed by atoms with Crippen molar-refractivity contribution in [3.8, 4) is 5.75 Å². The first-order valence-corrected chi connectivity index (χ1v) is 8.91. The maximum absolute atomic E-state index is 12.3. The van der Waals surface area contributed by atoms with Gasteiger partial charge in [-0.3, -0.25) is 14.5 Å². The van der Waals surface area contributed by atoms with Crippen LogP contribution in [0.15, 0.2) is 21.5 Å². The summed E-state index contributed by atoms with van der Waals surface area (Å²) in [4.78, 5) is 25.9. The number of carbonyl (C=O) groups is 1. The van der Waals surface area contributed by atoms with Crippen molar-refractivity contribution in [3.63, 3.8) is 0 Å². The molecule has 0 aliphatic carbocycles. The number of amides is 1. The lowest BCUT2D eigenvalue weighted by Crippen LogP contribution is -2.43. The zero-order valence-corrected chi connectivity index (χ0v) is 14.4. The molecule has 134 valence electrons. The monoisotopic (exact) mass is 336 g/mol. The first kappa shape index (κ1) is 18.5. The summed E-state index contributed by atoms with van der Waals surface area (Å²) in [6.07, 6.45) is 7.53. The van der Waals surface area contributed by atoms with Crippen LogP contribution in [0.25, 0.3) is 0 Å². The van der Waals surface area contributed by atoms with Crippen molar-refractivity contribution in [1.82, 2.24) is 10.2 Å². The molecule has 24 heavy (non-hydrogen) atoms. The van der Waals surface area contributed by atoms with Crippen molar-refractivity contribution in [1.29, 1.82) is 0 Å². The lowest BCUT2D eigenvalue weighted by molar-refractivity contribution is -0.126. The van der Waals surface area contributed by atoms with Crippen LogP contribution in [0.3, 0.4) is 0 Å². The Hall–Kier alpha value is -1.82. The Bertz CT molecular complexity index is 585. The predicted molar refractivity (Wildman–Crippen MR) is 91.8 cm³/mol. The zero-order chi connectivity index (χ0) is 17.4. The number of likely N-dealkylation sites (tertiary alicyclic amines) is 1. The number of rotatable bonds is 8.